The van der Waals surface area contributed by atoms with Gasteiger partial charge in [-0.15, -0.1) is 0 Å². The first-order valence-corrected chi connectivity index (χ1v) is 7.24. The topological polar surface area (TPSA) is 46.3 Å². The third-order valence-electron chi connectivity index (χ3n) is 3.30. The van der Waals surface area contributed by atoms with Crippen molar-refractivity contribution in [2.45, 2.75) is 39.8 Å². The summed E-state index contributed by atoms with van der Waals surface area (Å²) in [5, 5.41) is 0. The summed E-state index contributed by atoms with van der Waals surface area (Å²) < 4.78 is 1.02. The van der Waals surface area contributed by atoms with E-state index < -0.39 is 0 Å². The number of rotatable bonds is 4. The van der Waals surface area contributed by atoms with Crippen molar-refractivity contribution in [1.82, 2.24) is 4.90 Å². The number of carbonyl (C=O) groups is 1. The Morgan fingerprint density at radius 1 is 1.37 bits per heavy atom. The van der Waals surface area contributed by atoms with Crippen molar-refractivity contribution >= 4 is 21.8 Å². The van der Waals surface area contributed by atoms with Crippen molar-refractivity contribution < 1.29 is 4.79 Å². The van der Waals surface area contributed by atoms with Gasteiger partial charge in [-0.3, -0.25) is 4.79 Å². The molecule has 0 radical (unpaired) electrons. The number of nitrogens with two attached hydrogens (primary N) is 1. The van der Waals surface area contributed by atoms with Crippen molar-refractivity contribution in [1.29, 1.82) is 0 Å². The van der Waals surface area contributed by atoms with Crippen LogP contribution in [0.25, 0.3) is 0 Å². The number of halogens is 1. The van der Waals surface area contributed by atoms with Gasteiger partial charge in [-0.05, 0) is 17.0 Å². The zero-order chi connectivity index (χ0) is 14.6. The molecule has 0 aliphatic carbocycles. The van der Waals surface area contributed by atoms with Crippen LogP contribution in [0.3, 0.4) is 0 Å². The molecule has 1 atom stereocenters. The monoisotopic (exact) mass is 326 g/mol. The minimum atomic E-state index is -0.123. The van der Waals surface area contributed by atoms with Crippen LogP contribution in [0.5, 0.6) is 0 Å². The minimum Gasteiger partial charge on any atom is -0.341 e. The highest BCUT2D eigenvalue weighted by Gasteiger charge is 2.24. The first-order valence-electron chi connectivity index (χ1n) is 6.44. The molecule has 0 aliphatic heterocycles. The molecule has 1 aromatic rings. The lowest BCUT2D eigenvalue weighted by Crippen LogP contribution is -2.40. The summed E-state index contributed by atoms with van der Waals surface area (Å²) in [5.74, 6) is 0.0816. The van der Waals surface area contributed by atoms with E-state index in [0.717, 1.165) is 10.0 Å². The number of benzene rings is 1. The van der Waals surface area contributed by atoms with Crippen molar-refractivity contribution in [3.63, 3.8) is 0 Å². The smallest absolute Gasteiger partial charge is 0.224 e. The van der Waals surface area contributed by atoms with Crippen LogP contribution in [-0.4, -0.2) is 23.9 Å². The molecule has 0 saturated heterocycles. The molecule has 3 nitrogen and oxygen atoms in total. The molecule has 0 saturated carbocycles. The molecule has 1 aromatic carbocycles. The highest BCUT2D eigenvalue weighted by molar-refractivity contribution is 9.10. The van der Waals surface area contributed by atoms with E-state index in [1.807, 2.05) is 31.3 Å². The number of carbonyl (C=O) groups excluding carboxylic acids is 1. The zero-order valence-electron chi connectivity index (χ0n) is 12.1. The Labute approximate surface area is 124 Å². The Morgan fingerprint density at radius 2 is 1.95 bits per heavy atom. The van der Waals surface area contributed by atoms with E-state index in [9.17, 15) is 4.79 Å². The summed E-state index contributed by atoms with van der Waals surface area (Å²) in [6.07, 6.45) is 0.379. The fourth-order valence-corrected chi connectivity index (χ4v) is 2.03. The molecule has 1 amide bonds. The molecular weight excluding hydrogens is 304 g/mol. The highest BCUT2D eigenvalue weighted by Crippen LogP contribution is 2.21. The molecule has 0 aromatic heterocycles. The summed E-state index contributed by atoms with van der Waals surface area (Å²) in [6, 6.07) is 7.80. The van der Waals surface area contributed by atoms with E-state index in [4.69, 9.17) is 5.73 Å². The van der Waals surface area contributed by atoms with Crippen LogP contribution in [0.4, 0.5) is 0 Å². The van der Waals surface area contributed by atoms with Crippen LogP contribution in [0.2, 0.25) is 0 Å². The van der Waals surface area contributed by atoms with E-state index in [-0.39, 0.29) is 17.4 Å². The third kappa shape index (κ3) is 4.96. The molecule has 0 spiro atoms. The van der Waals surface area contributed by atoms with Crippen LogP contribution < -0.4 is 5.73 Å². The average Bonchev–Trinajstić information content (AvgIpc) is 2.30. The number of hydrogen-bond donors (Lipinski definition) is 1. The predicted molar refractivity (Wildman–Crippen MR) is 82.7 cm³/mol. The van der Waals surface area contributed by atoms with E-state index in [0.29, 0.717) is 13.0 Å². The van der Waals surface area contributed by atoms with Gasteiger partial charge < -0.3 is 10.6 Å². The van der Waals surface area contributed by atoms with Crippen molar-refractivity contribution in [3.8, 4) is 0 Å². The lowest BCUT2D eigenvalue weighted by Gasteiger charge is -2.28. The summed E-state index contributed by atoms with van der Waals surface area (Å²) in [7, 11) is 1.82. The Balaban J connectivity index is 2.61. The zero-order valence-corrected chi connectivity index (χ0v) is 13.7. The SMILES string of the molecule is CN(Cc1ccccc1Br)C(=O)CC(N)C(C)(C)C. The van der Waals surface area contributed by atoms with Crippen LogP contribution in [0.15, 0.2) is 28.7 Å². The van der Waals surface area contributed by atoms with Gasteiger partial charge in [0.2, 0.25) is 5.91 Å². The highest BCUT2D eigenvalue weighted by atomic mass is 79.9. The largest absolute Gasteiger partial charge is 0.341 e. The standard InChI is InChI=1S/C15H23BrN2O/c1-15(2,3)13(17)9-14(19)18(4)10-11-7-5-6-8-12(11)16/h5-8,13H,9-10,17H2,1-4H3. The molecule has 106 valence electrons. The normalized spacial score (nSPS) is 13.2. The third-order valence-corrected chi connectivity index (χ3v) is 4.07. The van der Waals surface area contributed by atoms with Crippen molar-refractivity contribution in [2.75, 3.05) is 7.05 Å². The van der Waals surface area contributed by atoms with Gasteiger partial charge in [-0.1, -0.05) is 54.9 Å². The molecular formula is C15H23BrN2O. The Morgan fingerprint density at radius 3 is 2.47 bits per heavy atom. The van der Waals surface area contributed by atoms with E-state index in [1.165, 1.54) is 0 Å². The molecule has 19 heavy (non-hydrogen) atoms. The maximum atomic E-state index is 12.1. The van der Waals surface area contributed by atoms with Crippen LogP contribution in [0.1, 0.15) is 32.8 Å². The first-order chi connectivity index (χ1) is 8.71. The van der Waals surface area contributed by atoms with Crippen LogP contribution in [0, 0.1) is 5.41 Å². The molecule has 0 bridgehead atoms. The molecule has 2 N–H and O–H groups in total. The number of hydrogen-bond acceptors (Lipinski definition) is 2. The molecule has 0 fully saturated rings. The average molecular weight is 327 g/mol. The molecule has 1 unspecified atom stereocenters. The lowest BCUT2D eigenvalue weighted by atomic mass is 9.85. The second kappa shape index (κ2) is 6.53. The van der Waals surface area contributed by atoms with Crippen molar-refractivity contribution in [3.05, 3.63) is 34.3 Å². The summed E-state index contributed by atoms with van der Waals surface area (Å²) in [6.45, 7) is 6.76. The first kappa shape index (κ1) is 16.2. The fraction of sp³-hybridized carbons (Fsp3) is 0.533. The fourth-order valence-electron chi connectivity index (χ4n) is 1.62. The van der Waals surface area contributed by atoms with Crippen LogP contribution >= 0.6 is 15.9 Å². The lowest BCUT2D eigenvalue weighted by molar-refractivity contribution is -0.131. The van der Waals surface area contributed by atoms with E-state index in [1.54, 1.807) is 4.90 Å². The Kier molecular flexibility index (Phi) is 5.56. The summed E-state index contributed by atoms with van der Waals surface area (Å²) in [4.78, 5) is 13.9. The molecule has 0 aliphatic rings. The maximum Gasteiger partial charge on any atom is 0.224 e. The predicted octanol–water partition coefficient (Wildman–Crippen LogP) is 3.17. The summed E-state index contributed by atoms with van der Waals surface area (Å²) in [5.41, 5.74) is 7.10. The van der Waals surface area contributed by atoms with Gasteiger partial charge in [-0.2, -0.15) is 0 Å². The van der Waals surface area contributed by atoms with Gasteiger partial charge in [-0.25, -0.2) is 0 Å². The van der Waals surface area contributed by atoms with Gasteiger partial charge in [0, 0.05) is 30.5 Å². The quantitative estimate of drug-likeness (QED) is 0.923. The molecule has 4 heteroatoms. The van der Waals surface area contributed by atoms with Crippen molar-refractivity contribution in [2.24, 2.45) is 11.1 Å². The van der Waals surface area contributed by atoms with Crippen LogP contribution in [-0.2, 0) is 11.3 Å². The molecule has 1 rings (SSSR count). The van der Waals surface area contributed by atoms with Gasteiger partial charge in [0.25, 0.3) is 0 Å². The van der Waals surface area contributed by atoms with E-state index in [2.05, 4.69) is 36.7 Å². The van der Waals surface area contributed by atoms with Gasteiger partial charge in [0.1, 0.15) is 0 Å². The van der Waals surface area contributed by atoms with Gasteiger partial charge >= 0.3 is 0 Å². The summed E-state index contributed by atoms with van der Waals surface area (Å²) >= 11 is 3.49. The second-order valence-electron chi connectivity index (χ2n) is 6.02. The Bertz CT molecular complexity index is 440. The maximum absolute atomic E-state index is 12.1. The Hall–Kier alpha value is -0.870. The van der Waals surface area contributed by atoms with Gasteiger partial charge in [0.05, 0.1) is 0 Å². The minimum absolute atomic E-state index is 0.0518. The number of nitrogens with zero attached hydrogens (tertiary/aromatic N) is 1. The number of amides is 1. The van der Waals surface area contributed by atoms with E-state index >= 15 is 0 Å². The molecule has 0 heterocycles. The second-order valence-corrected chi connectivity index (χ2v) is 6.87. The van der Waals surface area contributed by atoms with Gasteiger partial charge in [0.15, 0.2) is 0 Å².